The van der Waals surface area contributed by atoms with Crippen molar-refractivity contribution in [3.63, 3.8) is 0 Å². The Labute approximate surface area is 127 Å². The number of ether oxygens (including phenoxy) is 1. The van der Waals surface area contributed by atoms with Gasteiger partial charge in [0, 0.05) is 51.4 Å². The van der Waals surface area contributed by atoms with Crippen molar-refractivity contribution in [3.05, 3.63) is 29.3 Å². The van der Waals surface area contributed by atoms with E-state index in [1.54, 1.807) is 7.11 Å². The van der Waals surface area contributed by atoms with E-state index in [0.29, 0.717) is 6.54 Å². The molecule has 2 N–H and O–H groups in total. The van der Waals surface area contributed by atoms with E-state index in [1.807, 2.05) is 6.07 Å². The predicted molar refractivity (Wildman–Crippen MR) is 85.3 cm³/mol. The molecular formula is C17H27N3O. The summed E-state index contributed by atoms with van der Waals surface area (Å²) < 4.78 is 5.49. The maximum absolute atomic E-state index is 5.75. The highest BCUT2D eigenvalue weighted by molar-refractivity contribution is 5.37. The van der Waals surface area contributed by atoms with E-state index in [0.717, 1.165) is 31.3 Å². The fourth-order valence-corrected chi connectivity index (χ4v) is 3.12. The minimum absolute atomic E-state index is 0.589. The van der Waals surface area contributed by atoms with Crippen molar-refractivity contribution in [2.45, 2.75) is 25.9 Å². The van der Waals surface area contributed by atoms with Crippen molar-refractivity contribution >= 4 is 0 Å². The summed E-state index contributed by atoms with van der Waals surface area (Å²) in [6.45, 7) is 7.59. The highest BCUT2D eigenvalue weighted by atomic mass is 16.5. The van der Waals surface area contributed by atoms with Crippen LogP contribution in [0.2, 0.25) is 0 Å². The quantitative estimate of drug-likeness (QED) is 0.865. The van der Waals surface area contributed by atoms with Gasteiger partial charge in [0.1, 0.15) is 5.75 Å². The molecule has 2 aliphatic rings. The molecule has 1 heterocycles. The van der Waals surface area contributed by atoms with Crippen LogP contribution in [-0.4, -0.2) is 49.6 Å². The second kappa shape index (κ2) is 6.77. The lowest BCUT2D eigenvalue weighted by Gasteiger charge is -2.35. The van der Waals surface area contributed by atoms with Gasteiger partial charge in [-0.2, -0.15) is 0 Å². The van der Waals surface area contributed by atoms with Crippen molar-refractivity contribution in [2.75, 3.05) is 39.8 Å². The van der Waals surface area contributed by atoms with Gasteiger partial charge in [0.05, 0.1) is 7.11 Å². The minimum Gasteiger partial charge on any atom is -0.496 e. The van der Waals surface area contributed by atoms with E-state index in [2.05, 4.69) is 21.9 Å². The molecule has 0 unspecified atom stereocenters. The van der Waals surface area contributed by atoms with Crippen LogP contribution in [0, 0.1) is 5.92 Å². The standard InChI is InChI=1S/C17H27N3O/c1-21-17-5-4-15(11-18)10-16(17)13-20-8-6-19(7-9-20)12-14-2-3-14/h4-5,10,14H,2-3,6-9,11-13,18H2,1H3. The van der Waals surface area contributed by atoms with Crippen molar-refractivity contribution in [3.8, 4) is 5.75 Å². The van der Waals surface area contributed by atoms with Gasteiger partial charge in [-0.15, -0.1) is 0 Å². The number of methoxy groups -OCH3 is 1. The zero-order valence-corrected chi connectivity index (χ0v) is 13.1. The number of piperazine rings is 1. The van der Waals surface area contributed by atoms with Gasteiger partial charge in [-0.05, 0) is 36.5 Å². The first-order valence-corrected chi connectivity index (χ1v) is 8.09. The van der Waals surface area contributed by atoms with Crippen LogP contribution in [0.1, 0.15) is 24.0 Å². The van der Waals surface area contributed by atoms with Crippen LogP contribution in [0.3, 0.4) is 0 Å². The van der Waals surface area contributed by atoms with Crippen LogP contribution in [0.5, 0.6) is 5.75 Å². The average molecular weight is 289 g/mol. The molecule has 0 atom stereocenters. The number of rotatable bonds is 6. The molecule has 1 saturated carbocycles. The zero-order valence-electron chi connectivity index (χ0n) is 13.1. The Morgan fingerprint density at radius 2 is 1.86 bits per heavy atom. The van der Waals surface area contributed by atoms with Gasteiger partial charge in [-0.1, -0.05) is 6.07 Å². The maximum atomic E-state index is 5.75. The molecule has 2 fully saturated rings. The molecule has 4 heteroatoms. The molecule has 21 heavy (non-hydrogen) atoms. The van der Waals surface area contributed by atoms with E-state index in [4.69, 9.17) is 10.5 Å². The highest BCUT2D eigenvalue weighted by Crippen LogP contribution is 2.30. The van der Waals surface area contributed by atoms with Gasteiger partial charge in [0.25, 0.3) is 0 Å². The van der Waals surface area contributed by atoms with Crippen molar-refractivity contribution < 1.29 is 4.74 Å². The van der Waals surface area contributed by atoms with Crippen LogP contribution < -0.4 is 10.5 Å². The smallest absolute Gasteiger partial charge is 0.123 e. The largest absolute Gasteiger partial charge is 0.496 e. The van der Waals surface area contributed by atoms with Gasteiger partial charge in [-0.3, -0.25) is 4.90 Å². The summed E-state index contributed by atoms with van der Waals surface area (Å²) in [5.74, 6) is 1.98. The molecule has 0 spiro atoms. The summed E-state index contributed by atoms with van der Waals surface area (Å²) in [6.07, 6.45) is 2.90. The summed E-state index contributed by atoms with van der Waals surface area (Å²) >= 11 is 0. The van der Waals surface area contributed by atoms with E-state index < -0.39 is 0 Å². The van der Waals surface area contributed by atoms with Gasteiger partial charge in [-0.25, -0.2) is 0 Å². The second-order valence-corrected chi connectivity index (χ2v) is 6.37. The summed E-state index contributed by atoms with van der Waals surface area (Å²) in [7, 11) is 1.74. The van der Waals surface area contributed by atoms with Crippen LogP contribution >= 0.6 is 0 Å². The molecule has 1 aromatic carbocycles. The Balaban J connectivity index is 1.56. The van der Waals surface area contributed by atoms with E-state index in [1.165, 1.54) is 43.6 Å². The van der Waals surface area contributed by atoms with Crippen LogP contribution in [-0.2, 0) is 13.1 Å². The van der Waals surface area contributed by atoms with Crippen molar-refractivity contribution in [1.29, 1.82) is 0 Å². The Bertz CT molecular complexity index is 465. The molecule has 0 aromatic heterocycles. The minimum atomic E-state index is 0.589. The fourth-order valence-electron chi connectivity index (χ4n) is 3.12. The van der Waals surface area contributed by atoms with Gasteiger partial charge in [0.15, 0.2) is 0 Å². The van der Waals surface area contributed by atoms with Crippen LogP contribution in [0.15, 0.2) is 18.2 Å². The van der Waals surface area contributed by atoms with E-state index in [-0.39, 0.29) is 0 Å². The molecule has 4 nitrogen and oxygen atoms in total. The van der Waals surface area contributed by atoms with E-state index >= 15 is 0 Å². The predicted octanol–water partition coefficient (Wildman–Crippen LogP) is 1.68. The monoisotopic (exact) mass is 289 g/mol. The zero-order chi connectivity index (χ0) is 14.7. The molecule has 0 radical (unpaired) electrons. The Morgan fingerprint density at radius 1 is 1.14 bits per heavy atom. The lowest BCUT2D eigenvalue weighted by Crippen LogP contribution is -2.46. The number of nitrogens with two attached hydrogens (primary N) is 1. The Hall–Kier alpha value is -1.10. The lowest BCUT2D eigenvalue weighted by molar-refractivity contribution is 0.122. The topological polar surface area (TPSA) is 41.7 Å². The normalized spacial score (nSPS) is 20.7. The van der Waals surface area contributed by atoms with Gasteiger partial charge >= 0.3 is 0 Å². The summed E-state index contributed by atoms with van der Waals surface area (Å²) in [6, 6.07) is 6.28. The third-order valence-corrected chi connectivity index (χ3v) is 4.65. The summed E-state index contributed by atoms with van der Waals surface area (Å²) in [5.41, 5.74) is 8.19. The van der Waals surface area contributed by atoms with Crippen LogP contribution in [0.4, 0.5) is 0 Å². The fraction of sp³-hybridized carbons (Fsp3) is 0.647. The molecular weight excluding hydrogens is 262 g/mol. The third kappa shape index (κ3) is 3.96. The third-order valence-electron chi connectivity index (χ3n) is 4.65. The molecule has 1 aliphatic carbocycles. The first-order valence-electron chi connectivity index (χ1n) is 8.09. The summed E-state index contributed by atoms with van der Waals surface area (Å²) in [4.78, 5) is 5.16. The number of hydrogen-bond donors (Lipinski definition) is 1. The van der Waals surface area contributed by atoms with Crippen molar-refractivity contribution in [1.82, 2.24) is 9.80 Å². The molecule has 0 bridgehead atoms. The van der Waals surface area contributed by atoms with Crippen molar-refractivity contribution in [2.24, 2.45) is 11.7 Å². The van der Waals surface area contributed by atoms with E-state index in [9.17, 15) is 0 Å². The van der Waals surface area contributed by atoms with Gasteiger partial charge < -0.3 is 15.4 Å². The molecule has 1 saturated heterocycles. The summed E-state index contributed by atoms with van der Waals surface area (Å²) in [5, 5.41) is 0. The van der Waals surface area contributed by atoms with Crippen LogP contribution in [0.25, 0.3) is 0 Å². The molecule has 1 aromatic rings. The highest BCUT2D eigenvalue weighted by Gasteiger charge is 2.26. The average Bonchev–Trinajstić information content (AvgIpc) is 3.33. The molecule has 116 valence electrons. The number of benzene rings is 1. The molecule has 3 rings (SSSR count). The number of nitrogens with zero attached hydrogens (tertiary/aromatic N) is 2. The number of hydrogen-bond acceptors (Lipinski definition) is 4. The lowest BCUT2D eigenvalue weighted by atomic mass is 10.1. The first-order chi connectivity index (χ1) is 10.3. The first kappa shape index (κ1) is 14.8. The molecule has 0 amide bonds. The second-order valence-electron chi connectivity index (χ2n) is 6.37. The Morgan fingerprint density at radius 3 is 2.48 bits per heavy atom. The Kier molecular flexibility index (Phi) is 4.78. The SMILES string of the molecule is COc1ccc(CN)cc1CN1CCN(CC2CC2)CC1. The molecule has 1 aliphatic heterocycles. The van der Waals surface area contributed by atoms with Gasteiger partial charge in [0.2, 0.25) is 0 Å². The maximum Gasteiger partial charge on any atom is 0.123 e.